The van der Waals surface area contributed by atoms with E-state index in [9.17, 15) is 14.4 Å². The van der Waals surface area contributed by atoms with Crippen LogP contribution in [-0.4, -0.2) is 133 Å². The third kappa shape index (κ3) is 42.4. The van der Waals surface area contributed by atoms with E-state index in [0.29, 0.717) is 98.6 Å². The number of carbonyl (C=O) groups excluding carboxylic acids is 3. The minimum atomic E-state index is -0.790. The van der Waals surface area contributed by atoms with E-state index in [0.717, 1.165) is 126 Å². The van der Waals surface area contributed by atoms with Crippen LogP contribution in [0.2, 0.25) is 0 Å². The minimum absolute atomic E-state index is 0.00800. The first-order chi connectivity index (χ1) is 46.8. The summed E-state index contributed by atoms with van der Waals surface area (Å²) in [6.07, 6.45) is 39.4. The molecule has 0 aliphatic carbocycles. The first-order valence-electron chi connectivity index (χ1n) is 38.8. The van der Waals surface area contributed by atoms with Crippen LogP contribution >= 0.6 is 0 Å². The van der Waals surface area contributed by atoms with Gasteiger partial charge in [-0.15, -0.1) is 0 Å². The Morgan fingerprint density at radius 1 is 0.337 bits per heavy atom. The Morgan fingerprint density at radius 2 is 0.674 bits per heavy atom. The maximum atomic E-state index is 14.6. The highest BCUT2D eigenvalue weighted by Gasteiger charge is 2.37. The Bertz CT molecular complexity index is 2090. The standard InChI is InChI=1S/C82H137NO12/c1-6-11-16-21-24-40-55-76(53-38-19-14-9-4)94-79(84)57-42-30-45-61-91-72-78(92-62-46-31-43-58-80(85)95-77(54-39-20-15-10-5)56-41-25-22-17-12-7-2)81(86)83(59-44-26-23-18-13-8-3)60-63-87-64-65-88-66-67-89-68-69-90-70-71-93-82(73-47-32-27-33-48-73,74-49-34-28-35-50-74)75-51-36-29-37-52-75/h27-29,32-37,47-52,76-78H,6-26,30-31,38-46,53-72H2,1-5H3. The van der Waals surface area contributed by atoms with Crippen molar-refractivity contribution in [1.82, 2.24) is 4.90 Å². The lowest BCUT2D eigenvalue weighted by Gasteiger charge is -2.36. The van der Waals surface area contributed by atoms with Crippen molar-refractivity contribution in [1.29, 1.82) is 0 Å². The van der Waals surface area contributed by atoms with E-state index >= 15 is 0 Å². The van der Waals surface area contributed by atoms with E-state index in [1.165, 1.54) is 122 Å². The Balaban J connectivity index is 1.50. The van der Waals surface area contributed by atoms with Gasteiger partial charge in [0.25, 0.3) is 5.91 Å². The van der Waals surface area contributed by atoms with Crippen LogP contribution < -0.4 is 0 Å². The van der Waals surface area contributed by atoms with E-state index in [1.54, 1.807) is 0 Å². The average Bonchev–Trinajstić information content (AvgIpc) is 0.763. The van der Waals surface area contributed by atoms with Crippen LogP contribution in [0, 0.1) is 0 Å². The van der Waals surface area contributed by atoms with Crippen molar-refractivity contribution in [2.45, 2.75) is 303 Å². The smallest absolute Gasteiger partial charge is 0.306 e. The monoisotopic (exact) mass is 1330 g/mol. The zero-order valence-electron chi connectivity index (χ0n) is 61.0. The van der Waals surface area contributed by atoms with Gasteiger partial charge in [0.15, 0.2) is 6.10 Å². The number of nitrogens with zero attached hydrogens (tertiary/aromatic N) is 1. The summed E-state index contributed by atoms with van der Waals surface area (Å²) >= 11 is 0. The fraction of sp³-hybridized carbons (Fsp3) is 0.744. The first-order valence-corrected chi connectivity index (χ1v) is 38.8. The molecule has 0 aliphatic rings. The molecule has 3 unspecified atom stereocenters. The van der Waals surface area contributed by atoms with Crippen molar-refractivity contribution < 1.29 is 57.0 Å². The average molecular weight is 1330 g/mol. The maximum absolute atomic E-state index is 14.6. The van der Waals surface area contributed by atoms with Crippen molar-refractivity contribution >= 4 is 17.8 Å². The van der Waals surface area contributed by atoms with E-state index in [-0.39, 0.29) is 36.7 Å². The number of rotatable bonds is 68. The summed E-state index contributed by atoms with van der Waals surface area (Å²) in [5, 5.41) is 0. The zero-order chi connectivity index (χ0) is 68.0. The molecule has 0 fully saturated rings. The van der Waals surface area contributed by atoms with Gasteiger partial charge in [0.2, 0.25) is 0 Å². The fourth-order valence-corrected chi connectivity index (χ4v) is 12.3. The Hall–Kier alpha value is -4.21. The van der Waals surface area contributed by atoms with Gasteiger partial charge >= 0.3 is 11.9 Å². The molecule has 0 aliphatic heterocycles. The molecule has 0 bridgehead atoms. The van der Waals surface area contributed by atoms with Crippen LogP contribution in [0.15, 0.2) is 91.0 Å². The van der Waals surface area contributed by atoms with Gasteiger partial charge in [0, 0.05) is 39.1 Å². The number of hydrogen-bond acceptors (Lipinski definition) is 12. The van der Waals surface area contributed by atoms with Gasteiger partial charge in [0.05, 0.1) is 66.1 Å². The summed E-state index contributed by atoms with van der Waals surface area (Å²) in [5.41, 5.74) is 2.37. The second-order valence-corrected chi connectivity index (χ2v) is 26.3. The zero-order valence-corrected chi connectivity index (χ0v) is 61.0. The van der Waals surface area contributed by atoms with Gasteiger partial charge in [-0.05, 0) is 100 Å². The second kappa shape index (κ2) is 60.9. The van der Waals surface area contributed by atoms with Crippen LogP contribution in [0.3, 0.4) is 0 Å². The molecule has 0 heterocycles. The minimum Gasteiger partial charge on any atom is -0.462 e. The lowest BCUT2D eigenvalue weighted by atomic mass is 9.80. The summed E-state index contributed by atoms with van der Waals surface area (Å²) in [6, 6.07) is 31.1. The Labute approximate surface area is 579 Å². The summed E-state index contributed by atoms with van der Waals surface area (Å²) in [5.74, 6) is -0.268. The SMILES string of the molecule is CCCCCCCCC(CCCCCC)OC(=O)CCCCCOCC(OCCCCCC(=O)OC(CCCCCC)CCCCCCCC)C(=O)N(CCCCCCCC)CCOCCOCCOCCOCCOC(c1ccccc1)(c1ccccc1)c1ccccc1. The highest BCUT2D eigenvalue weighted by Crippen LogP contribution is 2.40. The summed E-state index contributed by atoms with van der Waals surface area (Å²) < 4.78 is 55.5. The largest absolute Gasteiger partial charge is 0.462 e. The summed E-state index contributed by atoms with van der Waals surface area (Å²) in [4.78, 5) is 42.8. The number of benzene rings is 3. The third-order valence-electron chi connectivity index (χ3n) is 18.0. The molecule has 95 heavy (non-hydrogen) atoms. The van der Waals surface area contributed by atoms with Gasteiger partial charge in [-0.1, -0.05) is 273 Å². The molecule has 13 nitrogen and oxygen atoms in total. The molecular weight excluding hydrogens is 1190 g/mol. The van der Waals surface area contributed by atoms with Crippen molar-refractivity contribution in [3.63, 3.8) is 0 Å². The predicted molar refractivity (Wildman–Crippen MR) is 389 cm³/mol. The highest BCUT2D eigenvalue weighted by atomic mass is 16.6. The van der Waals surface area contributed by atoms with Gasteiger partial charge in [-0.25, -0.2) is 0 Å². The van der Waals surface area contributed by atoms with Gasteiger partial charge < -0.3 is 47.5 Å². The molecule has 3 atom stereocenters. The van der Waals surface area contributed by atoms with Crippen molar-refractivity contribution in [2.75, 3.05) is 92.4 Å². The molecular formula is C82H137NO12. The first kappa shape index (κ1) is 85.0. The van der Waals surface area contributed by atoms with Gasteiger partial charge in [0.1, 0.15) is 17.8 Å². The normalized spacial score (nSPS) is 12.6. The third-order valence-corrected chi connectivity index (χ3v) is 18.0. The fourth-order valence-electron chi connectivity index (χ4n) is 12.3. The molecule has 0 aromatic heterocycles. The van der Waals surface area contributed by atoms with E-state index in [2.05, 4.69) is 71.0 Å². The predicted octanol–water partition coefficient (Wildman–Crippen LogP) is 20.0. The number of carbonyl (C=O) groups is 3. The van der Waals surface area contributed by atoms with E-state index in [4.69, 9.17) is 42.6 Å². The van der Waals surface area contributed by atoms with E-state index in [1.807, 2.05) is 59.5 Å². The summed E-state index contributed by atoms with van der Waals surface area (Å²) in [7, 11) is 0. The molecule has 0 spiro atoms. The molecule has 3 aromatic rings. The quantitative estimate of drug-likeness (QED) is 0.0302. The van der Waals surface area contributed by atoms with Crippen LogP contribution in [-0.2, 0) is 62.6 Å². The highest BCUT2D eigenvalue weighted by molar-refractivity contribution is 5.81. The lowest BCUT2D eigenvalue weighted by molar-refractivity contribution is -0.151. The van der Waals surface area contributed by atoms with Crippen molar-refractivity contribution in [3.05, 3.63) is 108 Å². The Morgan fingerprint density at radius 3 is 1.08 bits per heavy atom. The van der Waals surface area contributed by atoms with Crippen molar-refractivity contribution in [2.24, 2.45) is 0 Å². The van der Waals surface area contributed by atoms with Crippen LogP contribution in [0.1, 0.15) is 295 Å². The Kier molecular flexibility index (Phi) is 54.5. The number of hydrogen-bond donors (Lipinski definition) is 0. The molecule has 3 rings (SSSR count). The van der Waals surface area contributed by atoms with Crippen molar-refractivity contribution in [3.8, 4) is 0 Å². The number of ether oxygens (including phenoxy) is 9. The maximum Gasteiger partial charge on any atom is 0.306 e. The molecule has 0 saturated carbocycles. The number of esters is 2. The molecule has 13 heteroatoms. The molecule has 0 saturated heterocycles. The number of amides is 1. The molecule has 542 valence electrons. The topological polar surface area (TPSA) is 138 Å². The molecule has 0 N–H and O–H groups in total. The van der Waals surface area contributed by atoms with Crippen LogP contribution in [0.25, 0.3) is 0 Å². The van der Waals surface area contributed by atoms with E-state index < -0.39 is 11.7 Å². The molecule has 1 amide bonds. The van der Waals surface area contributed by atoms with Crippen LogP contribution in [0.4, 0.5) is 0 Å². The second-order valence-electron chi connectivity index (χ2n) is 26.3. The molecule has 0 radical (unpaired) electrons. The molecule has 3 aromatic carbocycles. The lowest BCUT2D eigenvalue weighted by Crippen LogP contribution is -2.45. The van der Waals surface area contributed by atoms with Crippen LogP contribution in [0.5, 0.6) is 0 Å². The summed E-state index contributed by atoms with van der Waals surface area (Å²) in [6.45, 7) is 16.9. The van der Waals surface area contributed by atoms with Gasteiger partial charge in [-0.2, -0.15) is 0 Å². The number of unbranched alkanes of at least 4 members (excludes halogenated alkanes) is 25. The van der Waals surface area contributed by atoms with Gasteiger partial charge in [-0.3, -0.25) is 14.4 Å².